The van der Waals surface area contributed by atoms with Crippen LogP contribution in [-0.4, -0.2) is 25.5 Å². The van der Waals surface area contributed by atoms with Crippen molar-refractivity contribution in [2.45, 2.75) is 19.8 Å². The van der Waals surface area contributed by atoms with Crippen LogP contribution in [0.25, 0.3) is 0 Å². The Morgan fingerprint density at radius 1 is 1.55 bits per heavy atom. The summed E-state index contributed by atoms with van der Waals surface area (Å²) in [7, 11) is 0. The number of hydrogen-bond donors (Lipinski definition) is 2. The molecule has 1 fully saturated rings. The molecule has 3 nitrogen and oxygen atoms in total. The minimum absolute atomic E-state index is 0. The van der Waals surface area contributed by atoms with Gasteiger partial charge in [-0.2, -0.15) is 0 Å². The average Bonchev–Trinajstić information content (AvgIpc) is 2.40. The molecule has 1 unspecified atom stereocenters. The van der Waals surface area contributed by atoms with Crippen molar-refractivity contribution in [2.75, 3.05) is 19.6 Å². The number of amides is 1. The predicted molar refractivity (Wildman–Crippen MR) is 88.9 cm³/mol. The van der Waals surface area contributed by atoms with Gasteiger partial charge in [-0.15, -0.1) is 12.4 Å². The highest BCUT2D eigenvalue weighted by molar-refractivity contribution is 9.10. The summed E-state index contributed by atoms with van der Waals surface area (Å²) >= 11 is 9.45. The Balaban J connectivity index is 0.00000200. The number of rotatable bonds is 3. The minimum atomic E-state index is -0.113. The maximum atomic E-state index is 12.2. The van der Waals surface area contributed by atoms with E-state index in [-0.39, 0.29) is 23.7 Å². The van der Waals surface area contributed by atoms with Gasteiger partial charge in [0, 0.05) is 17.6 Å². The van der Waals surface area contributed by atoms with Crippen LogP contribution in [-0.2, 0) is 0 Å². The summed E-state index contributed by atoms with van der Waals surface area (Å²) in [6.45, 7) is 4.88. The largest absolute Gasteiger partial charge is 0.351 e. The Morgan fingerprint density at radius 3 is 2.95 bits per heavy atom. The molecule has 0 spiro atoms. The van der Waals surface area contributed by atoms with Crippen LogP contribution < -0.4 is 10.6 Å². The van der Waals surface area contributed by atoms with Gasteiger partial charge in [0.2, 0.25) is 0 Å². The lowest BCUT2D eigenvalue weighted by atomic mass is 9.83. The summed E-state index contributed by atoms with van der Waals surface area (Å²) < 4.78 is 0.743. The van der Waals surface area contributed by atoms with Crippen LogP contribution in [0.2, 0.25) is 5.02 Å². The van der Waals surface area contributed by atoms with Crippen molar-refractivity contribution in [3.63, 3.8) is 0 Å². The van der Waals surface area contributed by atoms with Crippen molar-refractivity contribution in [2.24, 2.45) is 5.41 Å². The van der Waals surface area contributed by atoms with Crippen LogP contribution in [0.5, 0.6) is 0 Å². The Kier molecular flexibility index (Phi) is 6.79. The van der Waals surface area contributed by atoms with Crippen molar-refractivity contribution >= 4 is 45.8 Å². The Hall–Kier alpha value is -0.290. The zero-order valence-corrected chi connectivity index (χ0v) is 14.5. The third kappa shape index (κ3) is 4.35. The second-order valence-electron chi connectivity index (χ2n) is 5.38. The monoisotopic (exact) mass is 380 g/mol. The summed E-state index contributed by atoms with van der Waals surface area (Å²) in [4.78, 5) is 12.2. The number of hydrogen-bond acceptors (Lipinski definition) is 2. The van der Waals surface area contributed by atoms with Gasteiger partial charge in [-0.3, -0.25) is 4.79 Å². The third-order valence-electron chi connectivity index (χ3n) is 3.56. The minimum Gasteiger partial charge on any atom is -0.351 e. The molecule has 0 aromatic heterocycles. The van der Waals surface area contributed by atoms with E-state index < -0.39 is 0 Å². The van der Waals surface area contributed by atoms with Gasteiger partial charge in [0.25, 0.3) is 5.91 Å². The summed E-state index contributed by atoms with van der Waals surface area (Å²) in [5.74, 6) is -0.113. The van der Waals surface area contributed by atoms with E-state index in [2.05, 4.69) is 33.5 Å². The average molecular weight is 382 g/mol. The second-order valence-corrected chi connectivity index (χ2v) is 6.61. The zero-order valence-electron chi connectivity index (χ0n) is 11.3. The van der Waals surface area contributed by atoms with Gasteiger partial charge in [0.1, 0.15) is 0 Å². The molecule has 20 heavy (non-hydrogen) atoms. The number of carbonyl (C=O) groups excluding carboxylic acids is 1. The van der Waals surface area contributed by atoms with Gasteiger partial charge in [-0.05, 0) is 52.9 Å². The molecule has 112 valence electrons. The number of carbonyl (C=O) groups is 1. The van der Waals surface area contributed by atoms with Crippen LogP contribution >= 0.6 is 39.9 Å². The highest BCUT2D eigenvalue weighted by atomic mass is 79.9. The molecule has 1 aromatic carbocycles. The topological polar surface area (TPSA) is 41.1 Å². The molecule has 0 bridgehead atoms. The number of nitrogens with one attached hydrogen (secondary N) is 2. The van der Waals surface area contributed by atoms with Gasteiger partial charge < -0.3 is 10.6 Å². The predicted octanol–water partition coefficient (Wildman–Crippen LogP) is 3.64. The van der Waals surface area contributed by atoms with Gasteiger partial charge in [0.15, 0.2) is 0 Å². The Bertz CT molecular complexity index is 476. The first-order valence-corrected chi connectivity index (χ1v) is 7.62. The molecule has 6 heteroatoms. The Morgan fingerprint density at radius 2 is 2.30 bits per heavy atom. The quantitative estimate of drug-likeness (QED) is 0.838. The molecule has 0 aliphatic carbocycles. The second kappa shape index (κ2) is 7.64. The van der Waals surface area contributed by atoms with Crippen LogP contribution in [0, 0.1) is 5.41 Å². The van der Waals surface area contributed by atoms with Crippen molar-refractivity contribution in [1.29, 1.82) is 0 Å². The standard InChI is InChI=1S/C14H18BrClN2O.ClH/c1-14(6-3-7-17-8-14)9-18-13(19)10-4-2-5-11(15)12(10)16;/h2,4-5,17H,3,6-9H2,1H3,(H,18,19);1H. The third-order valence-corrected chi connectivity index (χ3v) is 4.85. The fraction of sp³-hybridized carbons (Fsp3) is 0.500. The molecule has 1 heterocycles. The number of benzene rings is 1. The van der Waals surface area contributed by atoms with E-state index in [0.717, 1.165) is 30.4 Å². The maximum absolute atomic E-state index is 12.2. The van der Waals surface area contributed by atoms with Gasteiger partial charge in [-0.1, -0.05) is 24.6 Å². The van der Waals surface area contributed by atoms with E-state index in [1.54, 1.807) is 6.07 Å². The normalized spacial score (nSPS) is 21.9. The summed E-state index contributed by atoms with van der Waals surface area (Å²) in [6, 6.07) is 5.38. The molecule has 1 aromatic rings. The summed E-state index contributed by atoms with van der Waals surface area (Å²) in [5.41, 5.74) is 0.648. The Labute approximate surface area is 139 Å². The number of piperidine rings is 1. The van der Waals surface area contributed by atoms with Crippen molar-refractivity contribution in [3.8, 4) is 0 Å². The SMILES string of the molecule is CC1(CNC(=O)c2cccc(Br)c2Cl)CCCNC1.Cl. The van der Waals surface area contributed by atoms with Gasteiger partial charge >= 0.3 is 0 Å². The highest BCUT2D eigenvalue weighted by Crippen LogP contribution is 2.27. The molecule has 1 amide bonds. The van der Waals surface area contributed by atoms with Crippen molar-refractivity contribution in [1.82, 2.24) is 10.6 Å². The highest BCUT2D eigenvalue weighted by Gasteiger charge is 2.27. The lowest BCUT2D eigenvalue weighted by Crippen LogP contribution is -2.45. The van der Waals surface area contributed by atoms with E-state index in [4.69, 9.17) is 11.6 Å². The molecule has 1 atom stereocenters. The van der Waals surface area contributed by atoms with Crippen molar-refractivity contribution in [3.05, 3.63) is 33.3 Å². The molecule has 0 radical (unpaired) electrons. The van der Waals surface area contributed by atoms with E-state index >= 15 is 0 Å². The van der Waals surface area contributed by atoms with E-state index in [9.17, 15) is 4.79 Å². The first-order valence-electron chi connectivity index (χ1n) is 6.45. The first kappa shape index (κ1) is 17.8. The molecular weight excluding hydrogens is 363 g/mol. The molecule has 1 aliphatic rings. The molecule has 2 rings (SSSR count). The molecule has 0 saturated carbocycles. The van der Waals surface area contributed by atoms with E-state index in [1.165, 1.54) is 0 Å². The van der Waals surface area contributed by atoms with Gasteiger partial charge in [-0.25, -0.2) is 0 Å². The molecular formula is C14H19BrCl2N2O. The fourth-order valence-corrected chi connectivity index (χ4v) is 2.92. The van der Waals surface area contributed by atoms with Crippen LogP contribution in [0.1, 0.15) is 30.1 Å². The van der Waals surface area contributed by atoms with E-state index in [0.29, 0.717) is 17.1 Å². The summed E-state index contributed by atoms with van der Waals surface area (Å²) in [6.07, 6.45) is 2.29. The van der Waals surface area contributed by atoms with Gasteiger partial charge in [0.05, 0.1) is 10.6 Å². The number of halogens is 3. The first-order chi connectivity index (χ1) is 9.02. The fourth-order valence-electron chi connectivity index (χ4n) is 2.34. The maximum Gasteiger partial charge on any atom is 0.252 e. The van der Waals surface area contributed by atoms with E-state index in [1.807, 2.05) is 12.1 Å². The molecule has 2 N–H and O–H groups in total. The molecule has 1 aliphatic heterocycles. The zero-order chi connectivity index (χ0) is 13.9. The lowest BCUT2D eigenvalue weighted by molar-refractivity contribution is 0.0925. The summed E-state index contributed by atoms with van der Waals surface area (Å²) in [5, 5.41) is 6.83. The van der Waals surface area contributed by atoms with Crippen LogP contribution in [0.15, 0.2) is 22.7 Å². The van der Waals surface area contributed by atoms with Crippen LogP contribution in [0.3, 0.4) is 0 Å². The smallest absolute Gasteiger partial charge is 0.252 e. The van der Waals surface area contributed by atoms with Crippen molar-refractivity contribution < 1.29 is 4.79 Å². The van der Waals surface area contributed by atoms with Crippen LogP contribution in [0.4, 0.5) is 0 Å². The molecule has 1 saturated heterocycles. The lowest BCUT2D eigenvalue weighted by Gasteiger charge is -2.34.